The van der Waals surface area contributed by atoms with Crippen LogP contribution in [0.4, 0.5) is 4.79 Å². The number of carbonyl (C=O) groups is 4. The summed E-state index contributed by atoms with van der Waals surface area (Å²) in [6.45, 7) is 8.05. The minimum atomic E-state index is -3.91. The summed E-state index contributed by atoms with van der Waals surface area (Å²) >= 11 is 0. The number of aryl methyl sites for hydroxylation is 1. The summed E-state index contributed by atoms with van der Waals surface area (Å²) in [5.41, 5.74) is -0.363. The van der Waals surface area contributed by atoms with Gasteiger partial charge in [-0.1, -0.05) is 39.2 Å². The van der Waals surface area contributed by atoms with Gasteiger partial charge in [0.15, 0.2) is 0 Å². The number of cyclic esters (lactones) is 1. The third-order valence-corrected chi connectivity index (χ3v) is 15.5. The molecular formula is C45H61N5O10S. The van der Waals surface area contributed by atoms with Crippen molar-refractivity contribution in [2.75, 3.05) is 20.3 Å². The zero-order valence-corrected chi connectivity index (χ0v) is 36.5. The van der Waals surface area contributed by atoms with Crippen LogP contribution in [-0.2, 0) is 35.6 Å². The first-order chi connectivity index (χ1) is 29.2. The van der Waals surface area contributed by atoms with Crippen molar-refractivity contribution in [3.05, 3.63) is 36.4 Å². The van der Waals surface area contributed by atoms with Gasteiger partial charge in [-0.3, -0.25) is 19.1 Å². The number of benzene rings is 1. The number of hydrogen-bond acceptors (Lipinski definition) is 11. The monoisotopic (exact) mass is 863 g/mol. The van der Waals surface area contributed by atoms with Gasteiger partial charge in [0, 0.05) is 29.9 Å². The zero-order valence-electron chi connectivity index (χ0n) is 35.7. The molecule has 8 rings (SSSR count). The molecule has 61 heavy (non-hydrogen) atoms. The standard InChI is InChI=1S/C45H61N5O10S/c1-5-29-24-45(29,42(53)49-61(55,56)32-17-18-32)48-40(51)35-21-31-25-50(35)41(52)39(27-12-7-6-8-13-27)47-43(54)58-26-44(2,3)19-11-14-28-20-33-34(22-36(28)57-4)46-38(23-37(33)59-31)60-30-15-9-10-16-30/h5,20,22-23,27,29-32,35,39H,1,6-19,21,24-26H2,2-4H3,(H,47,54)(H,48,51)(H,49,53)/t29-,31+,35-,39-,45-/m0/s1. The van der Waals surface area contributed by atoms with Gasteiger partial charge >= 0.3 is 6.09 Å². The maximum Gasteiger partial charge on any atom is 0.407 e. The molecule has 16 heteroatoms. The lowest BCUT2D eigenvalue weighted by atomic mass is 9.83. The fourth-order valence-corrected chi connectivity index (χ4v) is 11.2. The lowest BCUT2D eigenvalue weighted by Crippen LogP contribution is -2.59. The Bertz CT molecular complexity index is 2150. The molecule has 0 radical (unpaired) electrons. The average molecular weight is 864 g/mol. The zero-order chi connectivity index (χ0) is 43.1. The molecule has 5 fully saturated rings. The lowest BCUT2D eigenvalue weighted by Gasteiger charge is -2.35. The van der Waals surface area contributed by atoms with Crippen molar-refractivity contribution in [1.82, 2.24) is 25.2 Å². The number of amides is 4. The molecule has 2 aromatic rings. The third kappa shape index (κ3) is 9.43. The molecule has 4 amide bonds. The van der Waals surface area contributed by atoms with E-state index < -0.39 is 68.7 Å². The number of alkyl carbamates (subject to hydrolysis) is 1. The van der Waals surface area contributed by atoms with Crippen molar-refractivity contribution in [3.8, 4) is 17.4 Å². The smallest absolute Gasteiger partial charge is 0.407 e. The molecule has 2 aliphatic heterocycles. The van der Waals surface area contributed by atoms with Crippen LogP contribution in [0.1, 0.15) is 116 Å². The highest BCUT2D eigenvalue weighted by atomic mass is 32.2. The lowest BCUT2D eigenvalue weighted by molar-refractivity contribution is -0.142. The van der Waals surface area contributed by atoms with Gasteiger partial charge in [0.1, 0.15) is 41.3 Å². The number of aromatic nitrogens is 1. The maximum absolute atomic E-state index is 15.0. The Hall–Kier alpha value is -4.60. The van der Waals surface area contributed by atoms with E-state index in [0.29, 0.717) is 55.0 Å². The predicted octanol–water partition coefficient (Wildman–Crippen LogP) is 5.62. The summed E-state index contributed by atoms with van der Waals surface area (Å²) in [6, 6.07) is 3.60. The molecule has 1 aromatic heterocycles. The SMILES string of the molecule is C=C[C@H]1C[C@@]1(NC(=O)[C@@H]1C[C@@H]2CN1C(=O)[C@H](C1CCCCC1)NC(=O)OCC(C)(C)CCCc1cc3c(cc(OC4CCCC4)nc3cc1OC)O2)C(=O)NS(=O)(=O)C1CC1. The molecule has 3 N–H and O–H groups in total. The molecular weight excluding hydrogens is 803 g/mol. The van der Waals surface area contributed by atoms with E-state index in [9.17, 15) is 22.8 Å². The van der Waals surface area contributed by atoms with Gasteiger partial charge in [-0.2, -0.15) is 0 Å². The number of nitrogens with one attached hydrogen (secondary N) is 3. The third-order valence-electron chi connectivity index (χ3n) is 13.7. The Labute approximate surface area is 358 Å². The van der Waals surface area contributed by atoms with Gasteiger partial charge < -0.3 is 34.5 Å². The molecule has 4 saturated carbocycles. The van der Waals surface area contributed by atoms with E-state index in [-0.39, 0.29) is 43.4 Å². The van der Waals surface area contributed by atoms with Gasteiger partial charge in [0.2, 0.25) is 27.7 Å². The highest BCUT2D eigenvalue weighted by Crippen LogP contribution is 2.46. The van der Waals surface area contributed by atoms with E-state index in [1.807, 2.05) is 26.0 Å². The molecule has 3 heterocycles. The quantitative estimate of drug-likeness (QED) is 0.251. The maximum atomic E-state index is 15.0. The molecule has 1 saturated heterocycles. The van der Waals surface area contributed by atoms with E-state index in [2.05, 4.69) is 21.9 Å². The van der Waals surface area contributed by atoms with Gasteiger partial charge in [-0.15, -0.1) is 6.58 Å². The van der Waals surface area contributed by atoms with Crippen LogP contribution in [0.5, 0.6) is 17.4 Å². The second-order valence-corrected chi connectivity index (χ2v) is 20.9. The number of nitrogens with zero attached hydrogens (tertiary/aromatic N) is 2. The number of pyridine rings is 1. The number of carbonyl (C=O) groups excluding carboxylic acids is 4. The summed E-state index contributed by atoms with van der Waals surface area (Å²) in [7, 11) is -2.28. The van der Waals surface area contributed by atoms with E-state index in [0.717, 1.165) is 68.7 Å². The topological polar surface area (TPSA) is 192 Å². The molecule has 15 nitrogen and oxygen atoms in total. The van der Waals surface area contributed by atoms with Gasteiger partial charge in [0.25, 0.3) is 5.91 Å². The van der Waals surface area contributed by atoms with Gasteiger partial charge in [-0.05, 0) is 100 Å². The Morgan fingerprint density at radius 3 is 2.44 bits per heavy atom. The Morgan fingerprint density at radius 2 is 1.75 bits per heavy atom. The fourth-order valence-electron chi connectivity index (χ4n) is 9.83. The van der Waals surface area contributed by atoms with E-state index in [1.165, 1.54) is 11.0 Å². The van der Waals surface area contributed by atoms with Crippen molar-refractivity contribution in [1.29, 1.82) is 0 Å². The first kappa shape index (κ1) is 43.1. The predicted molar refractivity (Wildman–Crippen MR) is 227 cm³/mol. The largest absolute Gasteiger partial charge is 0.496 e. The highest BCUT2D eigenvalue weighted by molar-refractivity contribution is 7.91. The van der Waals surface area contributed by atoms with Crippen LogP contribution in [0.3, 0.4) is 0 Å². The van der Waals surface area contributed by atoms with E-state index in [4.69, 9.17) is 23.9 Å². The minimum Gasteiger partial charge on any atom is -0.496 e. The van der Waals surface area contributed by atoms with Gasteiger partial charge in [-0.25, -0.2) is 18.2 Å². The van der Waals surface area contributed by atoms with Crippen molar-refractivity contribution in [2.45, 2.75) is 152 Å². The fraction of sp³-hybridized carbons (Fsp3) is 0.667. The Morgan fingerprint density at radius 1 is 1.02 bits per heavy atom. The van der Waals surface area contributed by atoms with E-state index >= 15 is 4.79 Å². The first-order valence-electron chi connectivity index (χ1n) is 22.3. The summed E-state index contributed by atoms with van der Waals surface area (Å²) in [5.74, 6) is -1.03. The van der Waals surface area contributed by atoms with Crippen LogP contribution in [0, 0.1) is 17.3 Å². The Balaban J connectivity index is 1.17. The van der Waals surface area contributed by atoms with Gasteiger partial charge in [0.05, 0.1) is 31.0 Å². The molecule has 4 aliphatic carbocycles. The van der Waals surface area contributed by atoms with Crippen LogP contribution in [0.2, 0.25) is 0 Å². The molecule has 0 spiro atoms. The number of fused-ring (bicyclic) bond motifs is 3. The average Bonchev–Trinajstić information content (AvgIpc) is 4.12. The first-order valence-corrected chi connectivity index (χ1v) is 23.8. The second kappa shape index (κ2) is 17.3. The highest BCUT2D eigenvalue weighted by Gasteiger charge is 2.62. The normalized spacial score (nSPS) is 28.8. The summed E-state index contributed by atoms with van der Waals surface area (Å²) in [5, 5.41) is 5.90. The molecule has 5 atom stereocenters. The van der Waals surface area contributed by atoms with Crippen molar-refractivity contribution < 1.29 is 46.5 Å². The number of hydrogen-bond donors (Lipinski definition) is 3. The van der Waals surface area contributed by atoms with Crippen LogP contribution in [0.15, 0.2) is 30.9 Å². The van der Waals surface area contributed by atoms with Crippen LogP contribution < -0.4 is 29.6 Å². The van der Waals surface area contributed by atoms with E-state index in [1.54, 1.807) is 13.2 Å². The molecule has 6 aliphatic rings. The minimum absolute atomic E-state index is 0.00428. The van der Waals surface area contributed by atoms with Crippen molar-refractivity contribution >= 4 is 44.7 Å². The summed E-state index contributed by atoms with van der Waals surface area (Å²) in [6.07, 6.45) is 11.7. The van der Waals surface area contributed by atoms with Crippen LogP contribution in [-0.4, -0.2) is 97.5 Å². The second-order valence-electron chi connectivity index (χ2n) is 18.9. The summed E-state index contributed by atoms with van der Waals surface area (Å²) in [4.78, 5) is 63.4. The Kier molecular flexibility index (Phi) is 12.2. The number of sulfonamides is 1. The molecule has 0 unspecified atom stereocenters. The number of ether oxygens (including phenoxy) is 4. The van der Waals surface area contributed by atoms with Crippen molar-refractivity contribution in [3.63, 3.8) is 0 Å². The van der Waals surface area contributed by atoms with Crippen molar-refractivity contribution in [2.24, 2.45) is 17.3 Å². The van der Waals surface area contributed by atoms with Crippen LogP contribution >= 0.6 is 0 Å². The molecule has 1 aromatic carbocycles. The summed E-state index contributed by atoms with van der Waals surface area (Å²) < 4.78 is 52.9. The molecule has 332 valence electrons. The number of methoxy groups -OCH3 is 1. The number of rotatable bonds is 10. The molecule has 4 bridgehead atoms. The van der Waals surface area contributed by atoms with Crippen LogP contribution in [0.25, 0.3) is 10.9 Å².